The van der Waals surface area contributed by atoms with E-state index in [1.54, 1.807) is 20.8 Å². The van der Waals surface area contributed by atoms with Gasteiger partial charge in [-0.2, -0.15) is 0 Å². The van der Waals surface area contributed by atoms with Crippen LogP contribution in [0.5, 0.6) is 0 Å². The van der Waals surface area contributed by atoms with Crippen molar-refractivity contribution in [2.24, 2.45) is 0 Å². The van der Waals surface area contributed by atoms with Crippen LogP contribution in [0.1, 0.15) is 51.3 Å². The minimum absolute atomic E-state index is 0.0111. The number of imidazole rings is 1. The van der Waals surface area contributed by atoms with Crippen molar-refractivity contribution in [3.05, 3.63) is 42.0 Å². The van der Waals surface area contributed by atoms with Crippen molar-refractivity contribution in [2.75, 3.05) is 16.8 Å². The number of aromatic nitrogens is 2. The van der Waals surface area contributed by atoms with Gasteiger partial charge in [0.25, 0.3) is 0 Å². The Morgan fingerprint density at radius 3 is 2.79 bits per heavy atom. The van der Waals surface area contributed by atoms with Crippen molar-refractivity contribution in [2.45, 2.75) is 51.0 Å². The van der Waals surface area contributed by atoms with Gasteiger partial charge in [0.05, 0.1) is 0 Å². The average molecular weight is 572 g/mol. The van der Waals surface area contributed by atoms with Crippen molar-refractivity contribution in [3.63, 3.8) is 0 Å². The molecule has 4 rings (SSSR count). The first kappa shape index (κ1) is 19.4. The van der Waals surface area contributed by atoms with Crippen molar-refractivity contribution in [1.29, 1.82) is 0 Å². The molecule has 2 amide bonds. The second-order valence-electron chi connectivity index (χ2n) is 8.36. The molecule has 1 aliphatic carbocycles. The predicted octanol–water partition coefficient (Wildman–Crippen LogP) is 2.95. The fraction of sp³-hybridized carbons (Fsp3) is 0.450. The Morgan fingerprint density at radius 1 is 1.43 bits per heavy atom. The molecule has 1 aliphatic heterocycles. The third-order valence-electron chi connectivity index (χ3n) is 5.20. The maximum atomic E-state index is 13.5. The summed E-state index contributed by atoms with van der Waals surface area (Å²) in [5.41, 5.74) is 1.97. The van der Waals surface area contributed by atoms with Crippen LogP contribution in [0.2, 0.25) is 0 Å². The van der Waals surface area contributed by atoms with Gasteiger partial charge >= 0.3 is 181 Å². The average Bonchev–Trinajstić information content (AvgIpc) is 3.13. The third-order valence-corrected chi connectivity index (χ3v) is 6.30. The summed E-state index contributed by atoms with van der Waals surface area (Å²) in [6.07, 6.45) is 3.87. The number of carbonyl (C=O) groups is 2. The van der Waals surface area contributed by atoms with Gasteiger partial charge in [-0.25, -0.2) is 0 Å². The molecule has 1 aromatic heterocycles. The Morgan fingerprint density at radius 2 is 2.18 bits per heavy atom. The molecule has 144 valence electrons. The van der Waals surface area contributed by atoms with Gasteiger partial charge in [0.15, 0.2) is 0 Å². The van der Waals surface area contributed by atoms with Crippen molar-refractivity contribution in [1.82, 2.24) is 7.36 Å². The Balaban J connectivity index is 1.78. The van der Waals surface area contributed by atoms with Gasteiger partial charge in [-0.15, -0.1) is 0 Å². The number of hydrogen-bond donors (Lipinski definition) is 1. The fourth-order valence-electron chi connectivity index (χ4n) is 4.00. The van der Waals surface area contributed by atoms with Crippen LogP contribution in [0.4, 0.5) is 16.2 Å². The number of hydrogen-bond acceptors (Lipinski definition) is 5. The van der Waals surface area contributed by atoms with Crippen LogP contribution in [0.3, 0.4) is 0 Å². The van der Waals surface area contributed by atoms with E-state index in [1.165, 1.54) is 4.90 Å². The number of fused-ring (bicyclic) bond motifs is 2. The number of ether oxygens (including phenoxy) is 1. The molecule has 2 aromatic rings. The Kier molecular flexibility index (Phi) is 4.55. The first-order valence-electron chi connectivity index (χ1n) is 9.42. The van der Waals surface area contributed by atoms with Gasteiger partial charge in [-0.1, -0.05) is 0 Å². The molecule has 0 radical (unpaired) electrons. The van der Waals surface area contributed by atoms with Crippen LogP contribution in [-0.2, 0) is 14.9 Å². The van der Waals surface area contributed by atoms with E-state index >= 15 is 0 Å². The fourth-order valence-corrected chi connectivity index (χ4v) is 4.86. The van der Waals surface area contributed by atoms with Gasteiger partial charge in [0.2, 0.25) is 0 Å². The summed E-state index contributed by atoms with van der Waals surface area (Å²) in [5.74, 6) is -0.219. The van der Waals surface area contributed by atoms with Crippen molar-refractivity contribution in [3.8, 4) is 0 Å². The first-order chi connectivity index (χ1) is 13.2. The van der Waals surface area contributed by atoms with Gasteiger partial charge in [0, 0.05) is 0 Å². The summed E-state index contributed by atoms with van der Waals surface area (Å²) in [6, 6.07) is 5.74. The maximum absolute atomic E-state index is 13.5. The van der Waals surface area contributed by atoms with E-state index in [2.05, 4.69) is 10.3 Å². The van der Waals surface area contributed by atoms with Crippen molar-refractivity contribution >= 4 is 49.4 Å². The number of amides is 2. The summed E-state index contributed by atoms with van der Waals surface area (Å²) in [4.78, 5) is 32.1. The molecule has 1 aromatic carbocycles. The zero-order valence-corrected chi connectivity index (χ0v) is 21.0. The van der Waals surface area contributed by atoms with E-state index in [0.717, 1.165) is 23.5 Å². The van der Waals surface area contributed by atoms with Crippen LogP contribution in [0.25, 0.3) is 0 Å². The Labute approximate surface area is 180 Å². The minimum atomic E-state index is -0.726. The summed E-state index contributed by atoms with van der Waals surface area (Å²) in [7, 11) is 0. The van der Waals surface area contributed by atoms with Crippen LogP contribution in [-0.4, -0.2) is 57.6 Å². The summed E-state index contributed by atoms with van der Waals surface area (Å²) in [6.45, 7) is 8.21. The van der Waals surface area contributed by atoms with Gasteiger partial charge in [0.1, 0.15) is 0 Å². The van der Waals surface area contributed by atoms with E-state index in [-0.39, 0.29) is 11.8 Å². The summed E-state index contributed by atoms with van der Waals surface area (Å²) in [5, 5.41) is 3.30. The number of nitrogens with zero attached hydrogens (tertiary/aromatic N) is 3. The summed E-state index contributed by atoms with van der Waals surface area (Å²) < 4.78 is 7.57. The van der Waals surface area contributed by atoms with Crippen LogP contribution in [0, 0.1) is 0 Å². The molecule has 2 atom stereocenters. The van der Waals surface area contributed by atoms with E-state index in [9.17, 15) is 9.59 Å². The molecular weight excluding hydrogens is 549 g/mol. The molecule has 8 heteroatoms. The number of nitrogens with one attached hydrogen (secondary N) is 1. The third kappa shape index (κ3) is 3.03. The monoisotopic (exact) mass is 572 g/mol. The van der Waals surface area contributed by atoms with Crippen LogP contribution < -0.4 is 10.2 Å². The van der Waals surface area contributed by atoms with E-state index in [4.69, 9.17) is 4.74 Å². The van der Waals surface area contributed by atoms with Gasteiger partial charge < -0.3 is 0 Å². The number of rotatable bonds is 3. The number of carbonyl (C=O) groups excluding carboxylic acids is 2. The molecule has 7 nitrogen and oxygen atoms in total. The SMILES string of the molecule is CCNc1ccc2c(c1)C1(CC1c1c[n]([Tl])cn1)C(=O)N2C(=O)OC(C)(C)C. The van der Waals surface area contributed by atoms with E-state index in [1.807, 2.05) is 40.0 Å². The standard InChI is InChI=1S/C20H23N4O3.Tl/c1-5-22-12-6-7-16-13(8-12)20(9-14(20)15-10-21-11-23-15)17(25)24(16)18(26)27-19(2,3)4;/h6-8,10-11,14,22H,5,9H2,1-4H3;/q-1;+1. The van der Waals surface area contributed by atoms with Crippen LogP contribution in [0.15, 0.2) is 30.7 Å². The number of imide groups is 1. The van der Waals surface area contributed by atoms with Crippen molar-refractivity contribution < 1.29 is 14.3 Å². The second kappa shape index (κ2) is 6.57. The first-order valence-corrected chi connectivity index (χ1v) is 11.4. The zero-order chi connectivity index (χ0) is 20.3. The molecule has 1 saturated carbocycles. The normalized spacial score (nSPS) is 23.0. The second-order valence-corrected chi connectivity index (χ2v) is 10.7. The molecule has 1 N–H and O–H groups in total. The molecule has 0 saturated heterocycles. The molecular formula is C20H23N4O3Tl. The number of anilines is 2. The van der Waals surface area contributed by atoms with E-state index in [0.29, 0.717) is 38.2 Å². The Hall–Kier alpha value is -1.91. The van der Waals surface area contributed by atoms with Gasteiger partial charge in [-0.3, -0.25) is 0 Å². The zero-order valence-electron chi connectivity index (χ0n) is 16.5. The molecule has 1 fully saturated rings. The molecule has 2 heterocycles. The quantitative estimate of drug-likeness (QED) is 0.574. The van der Waals surface area contributed by atoms with Crippen LogP contribution >= 0.6 is 0 Å². The van der Waals surface area contributed by atoms with E-state index < -0.39 is 17.1 Å². The van der Waals surface area contributed by atoms with Gasteiger partial charge in [-0.05, 0) is 0 Å². The predicted molar refractivity (Wildman–Crippen MR) is 107 cm³/mol. The molecule has 0 bridgehead atoms. The number of benzene rings is 1. The molecule has 1 spiro atoms. The topological polar surface area (TPSA) is 76.5 Å². The Bertz CT molecular complexity index is 965. The molecule has 2 unspecified atom stereocenters. The summed E-state index contributed by atoms with van der Waals surface area (Å²) >= 11 is 0.631. The molecule has 2 aliphatic rings. The molecule has 28 heavy (non-hydrogen) atoms.